The Labute approximate surface area is 91.2 Å². The molecule has 3 nitrogen and oxygen atoms in total. The second-order valence-corrected chi connectivity index (χ2v) is 3.35. The summed E-state index contributed by atoms with van der Waals surface area (Å²) < 4.78 is 5.61. The van der Waals surface area contributed by atoms with E-state index in [1.807, 2.05) is 32.2 Å². The van der Waals surface area contributed by atoms with Crippen molar-refractivity contribution >= 4 is 0 Å². The van der Waals surface area contributed by atoms with E-state index in [1.54, 1.807) is 0 Å². The molecule has 0 radical (unpaired) electrons. The van der Waals surface area contributed by atoms with E-state index in [9.17, 15) is 0 Å². The van der Waals surface area contributed by atoms with Gasteiger partial charge in [0.1, 0.15) is 5.75 Å². The minimum absolute atomic E-state index is 0.658. The largest absolute Gasteiger partial charge is 0.491 e. The first kappa shape index (κ1) is 11.7. The van der Waals surface area contributed by atoms with Crippen LogP contribution in [-0.2, 0) is 6.54 Å². The summed E-state index contributed by atoms with van der Waals surface area (Å²) in [4.78, 5) is 4.43. The first-order chi connectivity index (χ1) is 7.27. The van der Waals surface area contributed by atoms with Gasteiger partial charge in [0.05, 0.1) is 12.3 Å². The fourth-order valence-corrected chi connectivity index (χ4v) is 1.28. The van der Waals surface area contributed by atoms with E-state index in [2.05, 4.69) is 16.9 Å². The van der Waals surface area contributed by atoms with E-state index >= 15 is 0 Å². The molecule has 0 amide bonds. The third-order valence-corrected chi connectivity index (χ3v) is 2.00. The lowest BCUT2D eigenvalue weighted by Crippen LogP contribution is -2.10. The Morgan fingerprint density at radius 1 is 1.53 bits per heavy atom. The number of nitrogens with zero attached hydrogens (tertiary/aromatic N) is 1. The second-order valence-electron chi connectivity index (χ2n) is 3.35. The molecular formula is C12H18N2O. The van der Waals surface area contributed by atoms with E-state index in [4.69, 9.17) is 4.74 Å². The molecule has 0 atom stereocenters. The van der Waals surface area contributed by atoms with Gasteiger partial charge in [-0.25, -0.2) is 0 Å². The van der Waals surface area contributed by atoms with Crippen molar-refractivity contribution in [1.29, 1.82) is 0 Å². The molecule has 82 valence electrons. The van der Waals surface area contributed by atoms with Crippen molar-refractivity contribution in [3.05, 3.63) is 36.2 Å². The molecule has 1 aromatic rings. The molecule has 15 heavy (non-hydrogen) atoms. The van der Waals surface area contributed by atoms with Crippen LogP contribution in [0.2, 0.25) is 0 Å². The molecule has 0 aliphatic rings. The average molecular weight is 206 g/mol. The minimum atomic E-state index is 0.658. The molecule has 0 saturated carbocycles. The van der Waals surface area contributed by atoms with Crippen molar-refractivity contribution in [2.75, 3.05) is 13.7 Å². The third-order valence-electron chi connectivity index (χ3n) is 2.00. The molecule has 1 N–H and O–H groups in total. The van der Waals surface area contributed by atoms with Gasteiger partial charge < -0.3 is 10.1 Å². The van der Waals surface area contributed by atoms with Gasteiger partial charge in [-0.2, -0.15) is 0 Å². The van der Waals surface area contributed by atoms with E-state index < -0.39 is 0 Å². The van der Waals surface area contributed by atoms with Crippen LogP contribution >= 0.6 is 0 Å². The summed E-state index contributed by atoms with van der Waals surface area (Å²) in [5, 5.41) is 3.08. The smallest absolute Gasteiger partial charge is 0.142 e. The van der Waals surface area contributed by atoms with E-state index in [0.717, 1.165) is 30.1 Å². The van der Waals surface area contributed by atoms with Crippen LogP contribution in [0.1, 0.15) is 17.8 Å². The highest BCUT2D eigenvalue weighted by Gasteiger charge is 2.04. The molecule has 0 aliphatic carbocycles. The molecule has 0 saturated heterocycles. The standard InChI is InChI=1S/C12H18N2O/c1-4-5-8-15-12-7-6-10(2)14-11(12)9-13-3/h4,6-7,13H,1,5,8-9H2,2-3H3. The SMILES string of the molecule is C=CCCOc1ccc(C)nc1CNC. The van der Waals surface area contributed by atoms with Crippen LogP contribution in [-0.4, -0.2) is 18.6 Å². The van der Waals surface area contributed by atoms with Crippen LogP contribution < -0.4 is 10.1 Å². The first-order valence-corrected chi connectivity index (χ1v) is 5.12. The minimum Gasteiger partial charge on any atom is -0.491 e. The third kappa shape index (κ3) is 3.72. The predicted octanol–water partition coefficient (Wildman–Crippen LogP) is 2.06. The maximum absolute atomic E-state index is 5.61. The Balaban J connectivity index is 2.71. The van der Waals surface area contributed by atoms with Gasteiger partial charge in [0, 0.05) is 12.2 Å². The Hall–Kier alpha value is -1.35. The van der Waals surface area contributed by atoms with Crippen LogP contribution in [0.3, 0.4) is 0 Å². The molecule has 1 aromatic heterocycles. The first-order valence-electron chi connectivity index (χ1n) is 5.12. The van der Waals surface area contributed by atoms with Crippen molar-refractivity contribution in [3.63, 3.8) is 0 Å². The normalized spacial score (nSPS) is 10.0. The summed E-state index contributed by atoms with van der Waals surface area (Å²) >= 11 is 0. The number of pyridine rings is 1. The summed E-state index contributed by atoms with van der Waals surface area (Å²) in [7, 11) is 1.90. The van der Waals surface area contributed by atoms with Crippen molar-refractivity contribution in [2.24, 2.45) is 0 Å². The predicted molar refractivity (Wildman–Crippen MR) is 62.0 cm³/mol. The summed E-state index contributed by atoms with van der Waals surface area (Å²) in [6.07, 6.45) is 2.70. The lowest BCUT2D eigenvalue weighted by atomic mass is 10.3. The zero-order valence-electron chi connectivity index (χ0n) is 9.42. The molecule has 0 spiro atoms. The monoisotopic (exact) mass is 206 g/mol. The molecule has 1 rings (SSSR count). The van der Waals surface area contributed by atoms with Crippen LogP contribution in [0.15, 0.2) is 24.8 Å². The van der Waals surface area contributed by atoms with Crippen molar-refractivity contribution in [3.8, 4) is 5.75 Å². The van der Waals surface area contributed by atoms with Gasteiger partial charge in [-0.15, -0.1) is 6.58 Å². The summed E-state index contributed by atoms with van der Waals surface area (Å²) in [5.41, 5.74) is 1.97. The second kappa shape index (κ2) is 6.19. The van der Waals surface area contributed by atoms with Gasteiger partial charge in [0.15, 0.2) is 0 Å². The van der Waals surface area contributed by atoms with Gasteiger partial charge >= 0.3 is 0 Å². The fraction of sp³-hybridized carbons (Fsp3) is 0.417. The molecule has 0 aliphatic heterocycles. The Morgan fingerprint density at radius 2 is 2.33 bits per heavy atom. The van der Waals surface area contributed by atoms with Gasteiger partial charge in [-0.3, -0.25) is 4.98 Å². The Morgan fingerprint density at radius 3 is 3.00 bits per heavy atom. The fourth-order valence-electron chi connectivity index (χ4n) is 1.28. The van der Waals surface area contributed by atoms with Crippen LogP contribution in [0.4, 0.5) is 0 Å². The average Bonchev–Trinajstić information content (AvgIpc) is 2.22. The highest BCUT2D eigenvalue weighted by molar-refractivity contribution is 5.29. The number of ether oxygens (including phenoxy) is 1. The van der Waals surface area contributed by atoms with Gasteiger partial charge in [-0.1, -0.05) is 6.08 Å². The lowest BCUT2D eigenvalue weighted by molar-refractivity contribution is 0.319. The summed E-state index contributed by atoms with van der Waals surface area (Å²) in [6.45, 7) is 7.02. The van der Waals surface area contributed by atoms with Crippen molar-refractivity contribution < 1.29 is 4.74 Å². The van der Waals surface area contributed by atoms with E-state index in [1.165, 1.54) is 0 Å². The zero-order valence-corrected chi connectivity index (χ0v) is 9.42. The molecular weight excluding hydrogens is 188 g/mol. The Kier molecular flexibility index (Phi) is 4.84. The topological polar surface area (TPSA) is 34.1 Å². The maximum atomic E-state index is 5.61. The number of rotatable bonds is 6. The quantitative estimate of drug-likeness (QED) is 0.571. The molecule has 0 unspecified atom stereocenters. The maximum Gasteiger partial charge on any atom is 0.142 e. The van der Waals surface area contributed by atoms with Crippen molar-refractivity contribution in [2.45, 2.75) is 19.9 Å². The molecule has 3 heteroatoms. The lowest BCUT2D eigenvalue weighted by Gasteiger charge is -2.10. The summed E-state index contributed by atoms with van der Waals surface area (Å²) in [5.74, 6) is 0.858. The number of hydrogen-bond acceptors (Lipinski definition) is 3. The van der Waals surface area contributed by atoms with E-state index in [0.29, 0.717) is 6.61 Å². The number of aryl methyl sites for hydroxylation is 1. The highest BCUT2D eigenvalue weighted by Crippen LogP contribution is 2.16. The van der Waals surface area contributed by atoms with Gasteiger partial charge in [-0.05, 0) is 32.5 Å². The summed E-state index contributed by atoms with van der Waals surface area (Å²) in [6, 6.07) is 3.93. The van der Waals surface area contributed by atoms with Gasteiger partial charge in [0.25, 0.3) is 0 Å². The molecule has 1 heterocycles. The number of nitrogens with one attached hydrogen (secondary N) is 1. The highest BCUT2D eigenvalue weighted by atomic mass is 16.5. The zero-order chi connectivity index (χ0) is 11.1. The number of aromatic nitrogens is 1. The molecule has 0 aromatic carbocycles. The van der Waals surface area contributed by atoms with Crippen LogP contribution in [0, 0.1) is 6.92 Å². The molecule has 0 fully saturated rings. The van der Waals surface area contributed by atoms with Crippen LogP contribution in [0.25, 0.3) is 0 Å². The van der Waals surface area contributed by atoms with E-state index in [-0.39, 0.29) is 0 Å². The Bertz CT molecular complexity index is 323. The molecule has 0 bridgehead atoms. The van der Waals surface area contributed by atoms with Gasteiger partial charge in [0.2, 0.25) is 0 Å². The number of hydrogen-bond donors (Lipinski definition) is 1. The van der Waals surface area contributed by atoms with Crippen molar-refractivity contribution in [1.82, 2.24) is 10.3 Å². The van der Waals surface area contributed by atoms with Crippen LogP contribution in [0.5, 0.6) is 5.75 Å².